The highest BCUT2D eigenvalue weighted by molar-refractivity contribution is 5.37. The van der Waals surface area contributed by atoms with Crippen molar-refractivity contribution in [3.63, 3.8) is 0 Å². The van der Waals surface area contributed by atoms with Gasteiger partial charge in [0.2, 0.25) is 0 Å². The Morgan fingerprint density at radius 2 is 2.00 bits per heavy atom. The lowest BCUT2D eigenvalue weighted by Gasteiger charge is -2.11. The molecular weight excluding hydrogens is 236 g/mol. The Bertz CT molecular complexity index is 564. The lowest BCUT2D eigenvalue weighted by Crippen LogP contribution is -2.08. The van der Waals surface area contributed by atoms with E-state index in [-0.39, 0.29) is 0 Å². The third-order valence-corrected chi connectivity index (χ3v) is 2.94. The van der Waals surface area contributed by atoms with E-state index >= 15 is 0 Å². The quantitative estimate of drug-likeness (QED) is 0.912. The maximum absolute atomic E-state index is 4.53. The molecule has 0 saturated carbocycles. The number of nitrogens with zero attached hydrogens (tertiary/aromatic N) is 3. The molecule has 0 aliphatic rings. The normalized spacial score (nSPS) is 10.8. The molecule has 0 fully saturated rings. The van der Waals surface area contributed by atoms with Crippen molar-refractivity contribution < 1.29 is 0 Å². The lowest BCUT2D eigenvalue weighted by molar-refractivity contribution is 0.766. The number of anilines is 1. The fourth-order valence-corrected chi connectivity index (χ4v) is 1.82. The van der Waals surface area contributed by atoms with E-state index in [1.54, 1.807) is 0 Å². The number of aryl methyl sites for hydroxylation is 2. The molecule has 0 unspecified atom stereocenters. The topological polar surface area (TPSA) is 50.7 Å². The third-order valence-electron chi connectivity index (χ3n) is 2.94. The summed E-state index contributed by atoms with van der Waals surface area (Å²) in [4.78, 5) is 13.3. The monoisotopic (exact) mass is 256 g/mol. The summed E-state index contributed by atoms with van der Waals surface area (Å²) in [5.41, 5.74) is 3.22. The van der Waals surface area contributed by atoms with Gasteiger partial charge in [-0.2, -0.15) is 0 Å². The van der Waals surface area contributed by atoms with Crippen LogP contribution in [-0.2, 0) is 6.54 Å². The van der Waals surface area contributed by atoms with Gasteiger partial charge in [0.1, 0.15) is 11.6 Å². The molecule has 100 valence electrons. The molecule has 0 aliphatic carbocycles. The SMILES string of the molecule is Cc1cc(NCc2ncccc2C)nc(C(C)C)n1. The van der Waals surface area contributed by atoms with Gasteiger partial charge in [-0.1, -0.05) is 19.9 Å². The molecule has 0 atom stereocenters. The van der Waals surface area contributed by atoms with Crippen LogP contribution in [0.25, 0.3) is 0 Å². The van der Waals surface area contributed by atoms with Crippen LogP contribution in [0.4, 0.5) is 5.82 Å². The number of nitrogens with one attached hydrogen (secondary N) is 1. The minimum absolute atomic E-state index is 0.331. The van der Waals surface area contributed by atoms with Gasteiger partial charge in [0, 0.05) is 23.9 Å². The number of aromatic nitrogens is 3. The van der Waals surface area contributed by atoms with Crippen LogP contribution < -0.4 is 5.32 Å². The predicted octanol–water partition coefficient (Wildman–Crippen LogP) is 3.22. The number of hydrogen-bond acceptors (Lipinski definition) is 4. The van der Waals surface area contributed by atoms with E-state index in [1.165, 1.54) is 5.56 Å². The second-order valence-electron chi connectivity index (χ2n) is 5.03. The summed E-state index contributed by atoms with van der Waals surface area (Å²) in [6.07, 6.45) is 1.81. The van der Waals surface area contributed by atoms with Crippen LogP contribution in [0.1, 0.15) is 42.5 Å². The van der Waals surface area contributed by atoms with Gasteiger partial charge in [-0.25, -0.2) is 9.97 Å². The minimum atomic E-state index is 0.331. The van der Waals surface area contributed by atoms with Crippen molar-refractivity contribution in [2.45, 2.75) is 40.2 Å². The van der Waals surface area contributed by atoms with E-state index in [1.807, 2.05) is 25.3 Å². The second-order valence-corrected chi connectivity index (χ2v) is 5.03. The average molecular weight is 256 g/mol. The molecule has 2 heterocycles. The van der Waals surface area contributed by atoms with E-state index in [9.17, 15) is 0 Å². The zero-order chi connectivity index (χ0) is 13.8. The molecule has 0 spiro atoms. The first kappa shape index (κ1) is 13.5. The van der Waals surface area contributed by atoms with Crippen LogP contribution in [0, 0.1) is 13.8 Å². The number of hydrogen-bond donors (Lipinski definition) is 1. The molecule has 4 heteroatoms. The molecule has 0 amide bonds. The molecule has 2 aromatic heterocycles. The van der Waals surface area contributed by atoms with Crippen molar-refractivity contribution in [1.82, 2.24) is 15.0 Å². The summed E-state index contributed by atoms with van der Waals surface area (Å²) in [5.74, 6) is 2.07. The molecule has 0 radical (unpaired) electrons. The summed E-state index contributed by atoms with van der Waals surface area (Å²) in [6.45, 7) is 8.93. The molecule has 2 aromatic rings. The molecule has 19 heavy (non-hydrogen) atoms. The molecule has 0 aliphatic heterocycles. The zero-order valence-corrected chi connectivity index (χ0v) is 11.9. The van der Waals surface area contributed by atoms with Crippen LogP contribution in [-0.4, -0.2) is 15.0 Å². The van der Waals surface area contributed by atoms with E-state index in [4.69, 9.17) is 0 Å². The van der Waals surface area contributed by atoms with Gasteiger partial charge >= 0.3 is 0 Å². The standard InChI is InChI=1S/C15H20N4/c1-10(2)15-18-12(4)8-14(19-15)17-9-13-11(3)6-5-7-16-13/h5-8,10H,9H2,1-4H3,(H,17,18,19). The first-order valence-corrected chi connectivity index (χ1v) is 6.56. The molecule has 1 N–H and O–H groups in total. The van der Waals surface area contributed by atoms with Crippen LogP contribution in [0.15, 0.2) is 24.4 Å². The minimum Gasteiger partial charge on any atom is -0.364 e. The Hall–Kier alpha value is -1.97. The van der Waals surface area contributed by atoms with Crippen LogP contribution in [0.5, 0.6) is 0 Å². The van der Waals surface area contributed by atoms with Crippen molar-refractivity contribution >= 4 is 5.82 Å². The second kappa shape index (κ2) is 5.78. The fourth-order valence-electron chi connectivity index (χ4n) is 1.82. The molecule has 4 nitrogen and oxygen atoms in total. The maximum Gasteiger partial charge on any atom is 0.133 e. The smallest absolute Gasteiger partial charge is 0.133 e. The van der Waals surface area contributed by atoms with Crippen LogP contribution >= 0.6 is 0 Å². The van der Waals surface area contributed by atoms with Crippen molar-refractivity contribution in [3.8, 4) is 0 Å². The summed E-state index contributed by atoms with van der Waals surface area (Å²) in [5, 5.41) is 3.32. The Morgan fingerprint density at radius 3 is 2.68 bits per heavy atom. The lowest BCUT2D eigenvalue weighted by atomic mass is 10.2. The molecular formula is C15H20N4. The van der Waals surface area contributed by atoms with Gasteiger partial charge in [0.25, 0.3) is 0 Å². The Balaban J connectivity index is 2.14. The number of pyridine rings is 1. The third kappa shape index (κ3) is 3.50. The zero-order valence-electron chi connectivity index (χ0n) is 11.9. The molecule has 0 aromatic carbocycles. The van der Waals surface area contributed by atoms with Gasteiger partial charge in [-0.05, 0) is 25.5 Å². The summed E-state index contributed by atoms with van der Waals surface area (Å²) >= 11 is 0. The fraction of sp³-hybridized carbons (Fsp3) is 0.400. The van der Waals surface area contributed by atoms with E-state index in [0.717, 1.165) is 23.0 Å². The van der Waals surface area contributed by atoms with E-state index in [0.29, 0.717) is 12.5 Å². The highest BCUT2D eigenvalue weighted by Gasteiger charge is 2.06. The van der Waals surface area contributed by atoms with Gasteiger partial charge in [-0.15, -0.1) is 0 Å². The van der Waals surface area contributed by atoms with Crippen molar-refractivity contribution in [2.24, 2.45) is 0 Å². The van der Waals surface area contributed by atoms with Gasteiger partial charge in [0.05, 0.1) is 12.2 Å². The predicted molar refractivity (Wildman–Crippen MR) is 77.2 cm³/mol. The van der Waals surface area contributed by atoms with E-state index < -0.39 is 0 Å². The van der Waals surface area contributed by atoms with Crippen molar-refractivity contribution in [1.29, 1.82) is 0 Å². The summed E-state index contributed by atoms with van der Waals surface area (Å²) in [6, 6.07) is 5.98. The van der Waals surface area contributed by atoms with E-state index in [2.05, 4.69) is 47.1 Å². The average Bonchev–Trinajstić information content (AvgIpc) is 2.37. The molecule has 0 saturated heterocycles. The Labute approximate surface area is 114 Å². The summed E-state index contributed by atoms with van der Waals surface area (Å²) < 4.78 is 0. The highest BCUT2D eigenvalue weighted by atomic mass is 15.0. The van der Waals surface area contributed by atoms with Crippen LogP contribution in [0.2, 0.25) is 0 Å². The summed E-state index contributed by atoms with van der Waals surface area (Å²) in [7, 11) is 0. The first-order chi connectivity index (χ1) is 9.06. The van der Waals surface area contributed by atoms with Gasteiger partial charge in [-0.3, -0.25) is 4.98 Å². The maximum atomic E-state index is 4.53. The Morgan fingerprint density at radius 1 is 1.21 bits per heavy atom. The van der Waals surface area contributed by atoms with Gasteiger partial charge < -0.3 is 5.32 Å². The Kier molecular flexibility index (Phi) is 4.10. The number of rotatable bonds is 4. The highest BCUT2D eigenvalue weighted by Crippen LogP contribution is 2.14. The van der Waals surface area contributed by atoms with Gasteiger partial charge in [0.15, 0.2) is 0 Å². The van der Waals surface area contributed by atoms with Crippen molar-refractivity contribution in [3.05, 3.63) is 47.2 Å². The van der Waals surface area contributed by atoms with Crippen LogP contribution in [0.3, 0.4) is 0 Å². The molecule has 2 rings (SSSR count). The molecule has 0 bridgehead atoms. The van der Waals surface area contributed by atoms with Crippen molar-refractivity contribution in [2.75, 3.05) is 5.32 Å². The largest absolute Gasteiger partial charge is 0.364 e. The first-order valence-electron chi connectivity index (χ1n) is 6.56.